The van der Waals surface area contributed by atoms with Crippen LogP contribution in [0.1, 0.15) is 45.3 Å². The van der Waals surface area contributed by atoms with Crippen molar-refractivity contribution in [3.05, 3.63) is 51.9 Å². The van der Waals surface area contributed by atoms with Crippen molar-refractivity contribution in [1.29, 1.82) is 0 Å². The zero-order valence-electron chi connectivity index (χ0n) is 21.7. The van der Waals surface area contributed by atoms with Crippen molar-refractivity contribution in [1.82, 2.24) is 14.8 Å². The van der Waals surface area contributed by atoms with Gasteiger partial charge in [-0.25, -0.2) is 4.79 Å². The molecule has 0 saturated carbocycles. The average molecular weight is 500 g/mol. The molecule has 0 aliphatic carbocycles. The lowest BCUT2D eigenvalue weighted by Gasteiger charge is -2.26. The summed E-state index contributed by atoms with van der Waals surface area (Å²) in [5.41, 5.74) is 1.86. The monoisotopic (exact) mass is 499 g/mol. The van der Waals surface area contributed by atoms with Crippen molar-refractivity contribution in [2.24, 2.45) is 0 Å². The lowest BCUT2D eigenvalue weighted by molar-refractivity contribution is -0.139. The number of aromatic nitrogens is 1. The minimum Gasteiger partial charge on any atom is -0.507 e. The van der Waals surface area contributed by atoms with E-state index in [4.69, 9.17) is 14.2 Å². The molecule has 0 radical (unpaired) electrons. The molecule has 1 fully saturated rings. The molecular weight excluding hydrogens is 466 g/mol. The van der Waals surface area contributed by atoms with E-state index in [1.807, 2.05) is 19.0 Å². The number of likely N-dealkylation sites (tertiary alicyclic amines) is 1. The van der Waals surface area contributed by atoms with Gasteiger partial charge in [-0.1, -0.05) is 6.07 Å². The van der Waals surface area contributed by atoms with Gasteiger partial charge in [-0.2, -0.15) is 0 Å². The predicted octanol–water partition coefficient (Wildman–Crippen LogP) is 2.81. The third-order valence-electron chi connectivity index (χ3n) is 6.33. The first-order valence-electron chi connectivity index (χ1n) is 11.5. The highest BCUT2D eigenvalue weighted by molar-refractivity contribution is 6.46. The quantitative estimate of drug-likeness (QED) is 0.234. The van der Waals surface area contributed by atoms with Gasteiger partial charge in [0.05, 0.1) is 32.9 Å². The van der Waals surface area contributed by atoms with Gasteiger partial charge in [-0.3, -0.25) is 9.59 Å². The summed E-state index contributed by atoms with van der Waals surface area (Å²) in [6, 6.07) is 4.26. The number of rotatable bonds is 9. The molecule has 1 aromatic carbocycles. The summed E-state index contributed by atoms with van der Waals surface area (Å²) in [4.78, 5) is 45.1. The zero-order valence-corrected chi connectivity index (χ0v) is 21.7. The van der Waals surface area contributed by atoms with Crippen molar-refractivity contribution in [2.75, 3.05) is 48.5 Å². The molecule has 1 aliphatic heterocycles. The van der Waals surface area contributed by atoms with E-state index in [2.05, 4.69) is 4.98 Å². The normalized spacial score (nSPS) is 17.1. The number of aromatic amines is 1. The van der Waals surface area contributed by atoms with Gasteiger partial charge in [0.2, 0.25) is 0 Å². The number of carbonyl (C=O) groups excluding carboxylic acids is 3. The van der Waals surface area contributed by atoms with Crippen molar-refractivity contribution in [2.45, 2.75) is 26.3 Å². The van der Waals surface area contributed by atoms with Crippen molar-refractivity contribution >= 4 is 23.4 Å². The molecule has 1 unspecified atom stereocenters. The number of hydrogen-bond donors (Lipinski definition) is 2. The number of ketones is 1. The van der Waals surface area contributed by atoms with Gasteiger partial charge in [0.1, 0.15) is 11.5 Å². The van der Waals surface area contributed by atoms with Crippen LogP contribution in [-0.4, -0.2) is 86.1 Å². The minimum atomic E-state index is -0.859. The van der Waals surface area contributed by atoms with E-state index in [1.165, 1.54) is 26.2 Å². The fourth-order valence-corrected chi connectivity index (χ4v) is 4.58. The summed E-state index contributed by atoms with van der Waals surface area (Å²) in [5.74, 6) is -1.53. The molecule has 1 atom stereocenters. The number of nitrogens with zero attached hydrogens (tertiary/aromatic N) is 2. The summed E-state index contributed by atoms with van der Waals surface area (Å²) in [6.07, 6.45) is 0.624. The number of aryl methyl sites for hydroxylation is 1. The summed E-state index contributed by atoms with van der Waals surface area (Å²) in [6.45, 7) is 4.33. The second-order valence-corrected chi connectivity index (χ2v) is 8.88. The van der Waals surface area contributed by atoms with Crippen LogP contribution in [-0.2, 0) is 14.3 Å². The maximum Gasteiger partial charge on any atom is 0.354 e. The number of hydrogen-bond acceptors (Lipinski definition) is 8. The molecule has 10 heteroatoms. The molecule has 10 nitrogen and oxygen atoms in total. The van der Waals surface area contributed by atoms with Gasteiger partial charge in [-0.05, 0) is 64.2 Å². The number of esters is 1. The summed E-state index contributed by atoms with van der Waals surface area (Å²) in [7, 11) is 8.12. The number of H-pyrrole nitrogens is 1. The Labute approximate surface area is 210 Å². The Balaban J connectivity index is 2.22. The number of ether oxygens (including phenoxy) is 3. The number of amides is 1. The summed E-state index contributed by atoms with van der Waals surface area (Å²) in [5, 5.41) is 11.5. The van der Waals surface area contributed by atoms with Crippen LogP contribution in [0.15, 0.2) is 23.8 Å². The minimum absolute atomic E-state index is 0.0568. The van der Waals surface area contributed by atoms with E-state index >= 15 is 0 Å². The highest BCUT2D eigenvalue weighted by Gasteiger charge is 2.46. The Morgan fingerprint density at radius 1 is 1.11 bits per heavy atom. The first kappa shape index (κ1) is 26.8. The van der Waals surface area contributed by atoms with E-state index in [9.17, 15) is 19.5 Å². The van der Waals surface area contributed by atoms with E-state index < -0.39 is 23.7 Å². The van der Waals surface area contributed by atoms with Gasteiger partial charge >= 0.3 is 5.97 Å². The third-order valence-corrected chi connectivity index (χ3v) is 6.33. The van der Waals surface area contributed by atoms with Gasteiger partial charge in [0.15, 0.2) is 11.5 Å². The molecule has 36 heavy (non-hydrogen) atoms. The topological polar surface area (TPSA) is 121 Å². The zero-order chi connectivity index (χ0) is 26.7. The van der Waals surface area contributed by atoms with Crippen LogP contribution >= 0.6 is 0 Å². The highest BCUT2D eigenvalue weighted by Crippen LogP contribution is 2.43. The van der Waals surface area contributed by atoms with Gasteiger partial charge in [-0.15, -0.1) is 0 Å². The standard InChI is InChI=1S/C26H33N3O7/c1-14-19(15(2)27-21(14)26(33)36-7)23(30)20-22(16-9-10-17(34-5)18(13-16)35-6)29(25(32)24(20)31)12-8-11-28(3)4/h9-10,13,22,27,30H,8,11-12H2,1-7H3/b23-20-. The maximum atomic E-state index is 13.3. The number of benzene rings is 1. The van der Waals surface area contributed by atoms with Crippen molar-refractivity contribution < 1.29 is 33.7 Å². The fraction of sp³-hybridized carbons (Fsp3) is 0.423. The fourth-order valence-electron chi connectivity index (χ4n) is 4.58. The SMILES string of the molecule is COC(=O)c1[nH]c(C)c(/C(O)=C2/C(=O)C(=O)N(CCCN(C)C)C2c2ccc(OC)c(OC)c2)c1C. The molecule has 1 amide bonds. The largest absolute Gasteiger partial charge is 0.507 e. The van der Waals surface area contributed by atoms with Gasteiger partial charge in [0.25, 0.3) is 11.7 Å². The van der Waals surface area contributed by atoms with Crippen molar-refractivity contribution in [3.63, 3.8) is 0 Å². The molecule has 0 spiro atoms. The van der Waals surface area contributed by atoms with E-state index in [0.29, 0.717) is 47.8 Å². The van der Waals surface area contributed by atoms with Crippen LogP contribution in [0, 0.1) is 13.8 Å². The maximum absolute atomic E-state index is 13.3. The number of aliphatic hydroxyl groups is 1. The molecule has 2 heterocycles. The first-order valence-corrected chi connectivity index (χ1v) is 11.5. The summed E-state index contributed by atoms with van der Waals surface area (Å²) < 4.78 is 15.6. The second kappa shape index (κ2) is 10.9. The van der Waals surface area contributed by atoms with E-state index in [0.717, 1.165) is 0 Å². The number of carbonyl (C=O) groups is 3. The predicted molar refractivity (Wildman–Crippen MR) is 133 cm³/mol. The molecule has 2 aromatic rings. The van der Waals surface area contributed by atoms with Crippen molar-refractivity contribution in [3.8, 4) is 11.5 Å². The Bertz CT molecular complexity index is 1210. The number of methoxy groups -OCH3 is 3. The second-order valence-electron chi connectivity index (χ2n) is 8.88. The average Bonchev–Trinajstić information content (AvgIpc) is 3.29. The van der Waals surface area contributed by atoms with Crippen LogP contribution in [0.3, 0.4) is 0 Å². The highest BCUT2D eigenvalue weighted by atomic mass is 16.5. The molecule has 0 bridgehead atoms. The lowest BCUT2D eigenvalue weighted by Crippen LogP contribution is -2.32. The smallest absolute Gasteiger partial charge is 0.354 e. The van der Waals surface area contributed by atoms with Crippen LogP contribution in [0.4, 0.5) is 0 Å². The Hall–Kier alpha value is -3.79. The number of aliphatic hydroxyl groups excluding tert-OH is 1. The van der Waals surface area contributed by atoms with Crippen LogP contribution in [0.5, 0.6) is 11.5 Å². The molecule has 3 rings (SSSR count). The third kappa shape index (κ3) is 4.81. The number of nitrogens with one attached hydrogen (secondary N) is 1. The van der Waals surface area contributed by atoms with Gasteiger partial charge < -0.3 is 34.1 Å². The Morgan fingerprint density at radius 2 is 1.78 bits per heavy atom. The Kier molecular flexibility index (Phi) is 8.09. The molecule has 194 valence electrons. The molecule has 2 N–H and O–H groups in total. The van der Waals surface area contributed by atoms with E-state index in [1.54, 1.807) is 32.0 Å². The number of Topliss-reactive ketones (excluding diaryl/α,β-unsaturated/α-hetero) is 1. The van der Waals surface area contributed by atoms with Crippen LogP contribution < -0.4 is 9.47 Å². The molecule has 1 aromatic heterocycles. The van der Waals surface area contributed by atoms with Gasteiger partial charge in [0, 0.05) is 17.8 Å². The van der Waals surface area contributed by atoms with Crippen LogP contribution in [0.25, 0.3) is 5.76 Å². The lowest BCUT2D eigenvalue weighted by atomic mass is 9.93. The van der Waals surface area contributed by atoms with E-state index in [-0.39, 0.29) is 22.6 Å². The summed E-state index contributed by atoms with van der Waals surface area (Å²) >= 11 is 0. The molecule has 1 aliphatic rings. The molecule has 1 saturated heterocycles. The first-order chi connectivity index (χ1) is 17.1. The molecular formula is C26H33N3O7. The Morgan fingerprint density at radius 3 is 2.36 bits per heavy atom. The van der Waals surface area contributed by atoms with Crippen LogP contribution in [0.2, 0.25) is 0 Å².